The molecular weight excluding hydrogens is 367 g/mol. The predicted octanol–water partition coefficient (Wildman–Crippen LogP) is 4.65. The maximum atomic E-state index is 13.1. The van der Waals surface area contributed by atoms with E-state index in [0.29, 0.717) is 24.7 Å². The summed E-state index contributed by atoms with van der Waals surface area (Å²) in [5, 5.41) is 0.960. The summed E-state index contributed by atoms with van der Waals surface area (Å²) in [6.45, 7) is 1.06. The largest absolute Gasteiger partial charge is 0.438 e. The fourth-order valence-electron chi connectivity index (χ4n) is 2.90. The number of aromatic nitrogens is 3. The van der Waals surface area contributed by atoms with Gasteiger partial charge < -0.3 is 9.30 Å². The van der Waals surface area contributed by atoms with Crippen LogP contribution in [0.2, 0.25) is 0 Å². The average molecular weight is 383 g/mol. The van der Waals surface area contributed by atoms with Gasteiger partial charge in [0, 0.05) is 30.4 Å². The molecule has 3 aromatic heterocycles. The third-order valence-corrected chi connectivity index (χ3v) is 4.31. The molecule has 0 aliphatic rings. The number of rotatable bonds is 6. The van der Waals surface area contributed by atoms with Gasteiger partial charge in [0.1, 0.15) is 11.6 Å². The average Bonchev–Trinajstić information content (AvgIpc) is 3.08. The predicted molar refractivity (Wildman–Crippen MR) is 102 cm³/mol. The molecule has 0 saturated heterocycles. The molecule has 0 atom stereocenters. The minimum absolute atomic E-state index is 0.342. The summed E-state index contributed by atoms with van der Waals surface area (Å²) in [4.78, 5) is 11.0. The van der Waals surface area contributed by atoms with Gasteiger partial charge in [0.25, 0.3) is 0 Å². The smallest absolute Gasteiger partial charge is 0.219 e. The minimum Gasteiger partial charge on any atom is -0.438 e. The molecule has 0 radical (unpaired) electrons. The maximum Gasteiger partial charge on any atom is 0.219 e. The third-order valence-electron chi connectivity index (χ3n) is 4.18. The van der Waals surface area contributed by atoms with E-state index in [2.05, 4.69) is 14.8 Å². The van der Waals surface area contributed by atoms with Crippen LogP contribution in [0.5, 0.6) is 11.6 Å². The zero-order chi connectivity index (χ0) is 18.6. The van der Waals surface area contributed by atoms with Crippen LogP contribution in [0, 0.1) is 5.82 Å². The molecule has 27 heavy (non-hydrogen) atoms. The van der Waals surface area contributed by atoms with Crippen molar-refractivity contribution < 1.29 is 9.13 Å². The third kappa shape index (κ3) is 3.92. The second-order valence-corrected chi connectivity index (χ2v) is 6.28. The van der Waals surface area contributed by atoms with E-state index in [-0.39, 0.29) is 5.82 Å². The summed E-state index contributed by atoms with van der Waals surface area (Å²) in [6, 6.07) is 14.6. The highest BCUT2D eigenvalue weighted by Gasteiger charge is 2.09. The minimum atomic E-state index is -0.342. The van der Waals surface area contributed by atoms with Crippen molar-refractivity contribution in [3.05, 3.63) is 84.2 Å². The van der Waals surface area contributed by atoms with Gasteiger partial charge in [-0.1, -0.05) is 6.07 Å². The van der Waals surface area contributed by atoms with E-state index in [4.69, 9.17) is 16.5 Å². The van der Waals surface area contributed by atoms with E-state index in [1.54, 1.807) is 12.3 Å². The molecule has 1 N–H and O–H groups in total. The van der Waals surface area contributed by atoms with E-state index in [0.717, 1.165) is 22.2 Å². The molecule has 0 amide bonds. The summed E-state index contributed by atoms with van der Waals surface area (Å²) < 4.78 is 21.1. The zero-order valence-electron chi connectivity index (χ0n) is 14.3. The number of benzene rings is 1. The second-order valence-electron chi connectivity index (χ2n) is 6.02. The van der Waals surface area contributed by atoms with Gasteiger partial charge >= 0.3 is 0 Å². The molecule has 1 aromatic carbocycles. The number of nitrogens with zero attached hydrogens (tertiary/aromatic N) is 3. The Labute approximate surface area is 160 Å². The lowest BCUT2D eigenvalue weighted by Gasteiger charge is -2.09. The molecule has 0 aliphatic carbocycles. The van der Waals surface area contributed by atoms with E-state index < -0.39 is 0 Å². The molecule has 4 rings (SSSR count). The lowest BCUT2D eigenvalue weighted by molar-refractivity contribution is 0.467. The second kappa shape index (κ2) is 7.73. The van der Waals surface area contributed by atoms with E-state index in [9.17, 15) is 4.39 Å². The van der Waals surface area contributed by atoms with Gasteiger partial charge in [0.15, 0.2) is 0 Å². The Morgan fingerprint density at radius 1 is 1.11 bits per heavy atom. The van der Waals surface area contributed by atoms with Gasteiger partial charge in [-0.3, -0.25) is 4.98 Å². The van der Waals surface area contributed by atoms with Gasteiger partial charge in [-0.2, -0.15) is 0 Å². The molecule has 0 aliphatic heterocycles. The Bertz CT molecular complexity index is 1070. The Hall–Kier alpha value is -2.96. The highest BCUT2D eigenvalue weighted by molar-refractivity contribution is 6.13. The molecule has 0 bridgehead atoms. The summed E-state index contributed by atoms with van der Waals surface area (Å²) in [7, 11) is 0. The van der Waals surface area contributed by atoms with Crippen molar-refractivity contribution >= 4 is 22.7 Å². The first kappa shape index (κ1) is 17.5. The summed E-state index contributed by atoms with van der Waals surface area (Å²) in [5.74, 6) is 0.868. The normalized spacial score (nSPS) is 11.0. The van der Waals surface area contributed by atoms with Crippen LogP contribution in [0.4, 0.5) is 4.39 Å². The fourth-order valence-corrected chi connectivity index (χ4v) is 3.06. The Morgan fingerprint density at radius 3 is 2.85 bits per heavy atom. The van der Waals surface area contributed by atoms with Crippen LogP contribution in [-0.4, -0.2) is 14.5 Å². The van der Waals surface area contributed by atoms with Crippen LogP contribution in [0.3, 0.4) is 0 Å². The van der Waals surface area contributed by atoms with Gasteiger partial charge in [-0.25, -0.2) is 14.2 Å². The van der Waals surface area contributed by atoms with Crippen molar-refractivity contribution in [2.24, 2.45) is 0 Å². The van der Waals surface area contributed by atoms with Crippen LogP contribution < -0.4 is 9.57 Å². The SMILES string of the molecule is Fc1ccc(Cn2ccc3c(Oc4cc(CNCl)ccn4)cccc32)nc1. The molecular formula is C20H16ClFN4O. The number of pyridine rings is 2. The molecule has 136 valence electrons. The summed E-state index contributed by atoms with van der Waals surface area (Å²) in [5.41, 5.74) is 2.75. The lowest BCUT2D eigenvalue weighted by Crippen LogP contribution is -2.00. The molecule has 0 unspecified atom stereocenters. The van der Waals surface area contributed by atoms with Crippen molar-refractivity contribution in [1.29, 1.82) is 0 Å². The first-order valence-corrected chi connectivity index (χ1v) is 8.75. The summed E-state index contributed by atoms with van der Waals surface area (Å²) >= 11 is 5.56. The molecule has 0 spiro atoms. The molecule has 0 fully saturated rings. The molecule has 5 nitrogen and oxygen atoms in total. The number of hydrogen-bond acceptors (Lipinski definition) is 4. The number of hydrogen-bond donors (Lipinski definition) is 1. The highest BCUT2D eigenvalue weighted by atomic mass is 35.5. The number of halogens is 2. The molecule has 0 saturated carbocycles. The number of nitrogens with one attached hydrogen (secondary N) is 1. The monoisotopic (exact) mass is 382 g/mol. The zero-order valence-corrected chi connectivity index (χ0v) is 15.0. The van der Waals surface area contributed by atoms with Crippen molar-refractivity contribution in [2.75, 3.05) is 0 Å². The number of ether oxygens (including phenoxy) is 1. The Balaban J connectivity index is 1.62. The van der Waals surface area contributed by atoms with Crippen LogP contribution in [0.1, 0.15) is 11.3 Å². The first-order valence-electron chi connectivity index (χ1n) is 8.37. The maximum absolute atomic E-state index is 13.1. The first-order chi connectivity index (χ1) is 13.2. The van der Waals surface area contributed by atoms with E-state index in [1.165, 1.54) is 12.3 Å². The van der Waals surface area contributed by atoms with Crippen LogP contribution in [0.15, 0.2) is 67.1 Å². The lowest BCUT2D eigenvalue weighted by atomic mass is 10.2. The van der Waals surface area contributed by atoms with Gasteiger partial charge in [0.05, 0.1) is 24.0 Å². The summed E-state index contributed by atoms with van der Waals surface area (Å²) in [6.07, 6.45) is 4.87. The highest BCUT2D eigenvalue weighted by Crippen LogP contribution is 2.30. The standard InChI is InChI=1S/C20H16ClFN4O/c21-25-11-14-6-8-23-20(10-14)27-19-3-1-2-18-17(19)7-9-26(18)13-16-5-4-15(22)12-24-16/h1-10,12,25H,11,13H2. The Morgan fingerprint density at radius 2 is 2.04 bits per heavy atom. The topological polar surface area (TPSA) is 52.0 Å². The van der Waals surface area contributed by atoms with E-state index >= 15 is 0 Å². The van der Waals surface area contributed by atoms with Crippen LogP contribution in [0.25, 0.3) is 10.9 Å². The van der Waals surface area contributed by atoms with Gasteiger partial charge in [0.2, 0.25) is 5.88 Å². The quantitative estimate of drug-likeness (QED) is 0.493. The molecule has 7 heteroatoms. The van der Waals surface area contributed by atoms with Crippen LogP contribution >= 0.6 is 11.8 Å². The van der Waals surface area contributed by atoms with Crippen molar-refractivity contribution in [2.45, 2.75) is 13.1 Å². The Kier molecular flexibility index (Phi) is 5.00. The van der Waals surface area contributed by atoms with Crippen molar-refractivity contribution in [3.8, 4) is 11.6 Å². The van der Waals surface area contributed by atoms with E-state index in [1.807, 2.05) is 47.2 Å². The molecule has 4 aromatic rings. The van der Waals surface area contributed by atoms with Crippen LogP contribution in [-0.2, 0) is 13.1 Å². The van der Waals surface area contributed by atoms with Crippen molar-refractivity contribution in [1.82, 2.24) is 19.4 Å². The molecule has 3 heterocycles. The van der Waals surface area contributed by atoms with Crippen molar-refractivity contribution in [3.63, 3.8) is 0 Å². The van der Waals surface area contributed by atoms with Gasteiger partial charge in [-0.05, 0) is 53.7 Å². The number of fused-ring (bicyclic) bond motifs is 1. The fraction of sp³-hybridized carbons (Fsp3) is 0.100. The van der Waals surface area contributed by atoms with Gasteiger partial charge in [-0.15, -0.1) is 0 Å².